The van der Waals surface area contributed by atoms with Crippen molar-refractivity contribution in [1.29, 1.82) is 0 Å². The molecule has 10 heteroatoms. The Morgan fingerprint density at radius 1 is 1.08 bits per heavy atom. The van der Waals surface area contributed by atoms with Gasteiger partial charge in [-0.3, -0.25) is 14.6 Å². The molecule has 38 heavy (non-hydrogen) atoms. The maximum atomic E-state index is 13.6. The number of halogens is 1. The van der Waals surface area contributed by atoms with Gasteiger partial charge in [-0.05, 0) is 55.8 Å². The van der Waals surface area contributed by atoms with E-state index in [1.807, 2.05) is 11.8 Å². The SMILES string of the molecule is CCOC(=O)C1=C(CN2CCN(C(=O)c3ccc(OC)cc3)[C@@H](C)C2)N(C)C(=O)N[C@H]1c1ccc(F)cc1. The Labute approximate surface area is 221 Å². The molecule has 1 saturated heterocycles. The van der Waals surface area contributed by atoms with E-state index in [-0.39, 0.29) is 24.6 Å². The highest BCUT2D eigenvalue weighted by atomic mass is 19.1. The van der Waals surface area contributed by atoms with Crippen molar-refractivity contribution in [3.05, 3.63) is 76.7 Å². The first-order chi connectivity index (χ1) is 18.2. The second-order valence-electron chi connectivity index (χ2n) is 9.39. The van der Waals surface area contributed by atoms with Gasteiger partial charge >= 0.3 is 12.0 Å². The number of rotatable bonds is 7. The number of carbonyl (C=O) groups excluding carboxylic acids is 3. The van der Waals surface area contributed by atoms with Gasteiger partial charge in [-0.25, -0.2) is 14.0 Å². The van der Waals surface area contributed by atoms with E-state index in [1.165, 1.54) is 17.0 Å². The van der Waals surface area contributed by atoms with E-state index < -0.39 is 17.8 Å². The van der Waals surface area contributed by atoms with Gasteiger partial charge in [-0.15, -0.1) is 0 Å². The third kappa shape index (κ3) is 5.65. The van der Waals surface area contributed by atoms with Crippen LogP contribution in [0.15, 0.2) is 59.8 Å². The second-order valence-corrected chi connectivity index (χ2v) is 9.39. The number of nitrogens with one attached hydrogen (secondary N) is 1. The Kier molecular flexibility index (Phi) is 8.31. The molecule has 0 unspecified atom stereocenters. The first-order valence-electron chi connectivity index (χ1n) is 12.6. The van der Waals surface area contributed by atoms with Crippen LogP contribution in [-0.2, 0) is 9.53 Å². The molecule has 2 aliphatic rings. The molecular formula is C28H33FN4O5. The number of methoxy groups -OCH3 is 1. The number of esters is 1. The summed E-state index contributed by atoms with van der Waals surface area (Å²) in [5.41, 5.74) is 1.99. The minimum atomic E-state index is -0.774. The smallest absolute Gasteiger partial charge is 0.338 e. The van der Waals surface area contributed by atoms with Gasteiger partial charge in [0, 0.05) is 50.5 Å². The monoisotopic (exact) mass is 524 g/mol. The summed E-state index contributed by atoms with van der Waals surface area (Å²) in [6.07, 6.45) is 0. The zero-order chi connectivity index (χ0) is 27.4. The highest BCUT2D eigenvalue weighted by Gasteiger charge is 2.38. The van der Waals surface area contributed by atoms with Crippen molar-refractivity contribution >= 4 is 17.9 Å². The van der Waals surface area contributed by atoms with Gasteiger partial charge in [0.25, 0.3) is 5.91 Å². The Morgan fingerprint density at radius 3 is 2.37 bits per heavy atom. The van der Waals surface area contributed by atoms with E-state index >= 15 is 0 Å². The first kappa shape index (κ1) is 27.1. The predicted molar refractivity (Wildman–Crippen MR) is 139 cm³/mol. The Balaban J connectivity index is 1.57. The van der Waals surface area contributed by atoms with Crippen LogP contribution in [0.4, 0.5) is 9.18 Å². The van der Waals surface area contributed by atoms with Gasteiger partial charge in [0.2, 0.25) is 0 Å². The number of nitrogens with zero attached hydrogens (tertiary/aromatic N) is 3. The van der Waals surface area contributed by atoms with Crippen molar-refractivity contribution in [3.63, 3.8) is 0 Å². The average molecular weight is 525 g/mol. The molecular weight excluding hydrogens is 491 g/mol. The van der Waals surface area contributed by atoms with Gasteiger partial charge in [0.15, 0.2) is 0 Å². The molecule has 1 fully saturated rings. The number of urea groups is 1. The predicted octanol–water partition coefficient (Wildman–Crippen LogP) is 3.19. The standard InChI is InChI=1S/C28H33FN4O5/c1-5-38-27(35)24-23(31(3)28(36)30-25(24)19-6-10-21(29)11-7-19)17-32-14-15-33(18(2)16-32)26(34)20-8-12-22(37-4)13-9-20/h6-13,18,25H,5,14-17H2,1-4H3,(H,30,36)/t18-,25-/m0/s1. The van der Waals surface area contributed by atoms with Crippen LogP contribution in [0.25, 0.3) is 0 Å². The van der Waals surface area contributed by atoms with Crippen molar-refractivity contribution in [2.45, 2.75) is 25.9 Å². The molecule has 0 aliphatic carbocycles. The van der Waals surface area contributed by atoms with E-state index in [0.29, 0.717) is 54.3 Å². The molecule has 2 aliphatic heterocycles. The van der Waals surface area contributed by atoms with Crippen LogP contribution in [0.3, 0.4) is 0 Å². The molecule has 0 aromatic heterocycles. The van der Waals surface area contributed by atoms with Crippen molar-refractivity contribution in [1.82, 2.24) is 20.0 Å². The number of ether oxygens (including phenoxy) is 2. The van der Waals surface area contributed by atoms with Crippen LogP contribution in [0, 0.1) is 5.82 Å². The van der Waals surface area contributed by atoms with E-state index in [9.17, 15) is 18.8 Å². The van der Waals surface area contributed by atoms with Crippen LogP contribution in [0.2, 0.25) is 0 Å². The fraction of sp³-hybridized carbons (Fsp3) is 0.393. The molecule has 3 amide bonds. The summed E-state index contributed by atoms with van der Waals surface area (Å²) >= 11 is 0. The fourth-order valence-corrected chi connectivity index (χ4v) is 4.89. The maximum Gasteiger partial charge on any atom is 0.338 e. The topological polar surface area (TPSA) is 91.4 Å². The largest absolute Gasteiger partial charge is 0.497 e. The summed E-state index contributed by atoms with van der Waals surface area (Å²) in [4.78, 5) is 44.6. The summed E-state index contributed by atoms with van der Waals surface area (Å²) in [6.45, 7) is 5.78. The zero-order valence-corrected chi connectivity index (χ0v) is 22.1. The third-order valence-electron chi connectivity index (χ3n) is 6.96. The first-order valence-corrected chi connectivity index (χ1v) is 12.6. The molecule has 2 aromatic rings. The highest BCUT2D eigenvalue weighted by Crippen LogP contribution is 2.32. The molecule has 202 valence electrons. The molecule has 2 atom stereocenters. The van der Waals surface area contributed by atoms with Crippen LogP contribution >= 0.6 is 0 Å². The molecule has 0 bridgehead atoms. The number of amides is 3. The molecule has 4 rings (SSSR count). The normalized spacial score (nSPS) is 20.3. The Morgan fingerprint density at radius 2 is 1.76 bits per heavy atom. The van der Waals surface area contributed by atoms with E-state index in [1.54, 1.807) is 57.5 Å². The lowest BCUT2D eigenvalue weighted by molar-refractivity contribution is -0.139. The molecule has 2 heterocycles. The summed E-state index contributed by atoms with van der Waals surface area (Å²) in [6, 6.07) is 11.5. The van der Waals surface area contributed by atoms with Crippen molar-refractivity contribution < 1.29 is 28.2 Å². The summed E-state index contributed by atoms with van der Waals surface area (Å²) in [7, 11) is 3.19. The number of carbonyl (C=O) groups is 3. The third-order valence-corrected chi connectivity index (χ3v) is 6.96. The number of hydrogen-bond donors (Lipinski definition) is 1. The number of benzene rings is 2. The second kappa shape index (κ2) is 11.6. The zero-order valence-electron chi connectivity index (χ0n) is 22.1. The minimum Gasteiger partial charge on any atom is -0.497 e. The van der Waals surface area contributed by atoms with E-state index in [2.05, 4.69) is 10.2 Å². The molecule has 0 spiro atoms. The lowest BCUT2D eigenvalue weighted by atomic mass is 9.94. The summed E-state index contributed by atoms with van der Waals surface area (Å²) < 4.78 is 24.1. The van der Waals surface area contributed by atoms with Crippen LogP contribution < -0.4 is 10.1 Å². The maximum absolute atomic E-state index is 13.6. The van der Waals surface area contributed by atoms with Gasteiger partial charge in [-0.2, -0.15) is 0 Å². The number of piperazine rings is 1. The van der Waals surface area contributed by atoms with Gasteiger partial charge in [0.1, 0.15) is 11.6 Å². The van der Waals surface area contributed by atoms with Crippen LogP contribution in [0.1, 0.15) is 35.8 Å². The van der Waals surface area contributed by atoms with Crippen LogP contribution in [-0.4, -0.2) is 85.6 Å². The quantitative estimate of drug-likeness (QED) is 0.560. The van der Waals surface area contributed by atoms with Gasteiger partial charge in [-0.1, -0.05) is 12.1 Å². The van der Waals surface area contributed by atoms with Gasteiger partial charge in [0.05, 0.1) is 25.3 Å². The molecule has 0 radical (unpaired) electrons. The number of likely N-dealkylation sites (N-methyl/N-ethyl adjacent to an activating group) is 1. The van der Waals surface area contributed by atoms with Crippen LogP contribution in [0.5, 0.6) is 5.75 Å². The lowest BCUT2D eigenvalue weighted by Gasteiger charge is -2.42. The van der Waals surface area contributed by atoms with Crippen molar-refractivity contribution in [2.24, 2.45) is 0 Å². The molecule has 1 N–H and O–H groups in total. The van der Waals surface area contributed by atoms with E-state index in [0.717, 1.165) is 0 Å². The Bertz CT molecular complexity index is 1210. The van der Waals surface area contributed by atoms with Crippen molar-refractivity contribution in [2.75, 3.05) is 46.9 Å². The summed E-state index contributed by atoms with van der Waals surface area (Å²) in [5, 5.41) is 2.84. The van der Waals surface area contributed by atoms with Crippen molar-refractivity contribution in [3.8, 4) is 5.75 Å². The minimum absolute atomic E-state index is 0.0585. The lowest BCUT2D eigenvalue weighted by Crippen LogP contribution is -2.56. The molecule has 0 saturated carbocycles. The van der Waals surface area contributed by atoms with E-state index in [4.69, 9.17) is 9.47 Å². The number of hydrogen-bond acceptors (Lipinski definition) is 6. The fourth-order valence-electron chi connectivity index (χ4n) is 4.89. The van der Waals surface area contributed by atoms with Gasteiger partial charge < -0.3 is 19.7 Å². The molecule has 2 aromatic carbocycles. The average Bonchev–Trinajstić information content (AvgIpc) is 2.91. The Hall–Kier alpha value is -3.92. The highest BCUT2D eigenvalue weighted by molar-refractivity contribution is 5.95. The molecule has 9 nitrogen and oxygen atoms in total. The summed E-state index contributed by atoms with van der Waals surface area (Å²) in [5.74, 6) is -0.322.